The maximum absolute atomic E-state index is 11.3. The van der Waals surface area contributed by atoms with Gasteiger partial charge in [0.05, 0.1) is 13.1 Å². The van der Waals surface area contributed by atoms with Crippen LogP contribution in [0.5, 0.6) is 5.75 Å². The van der Waals surface area contributed by atoms with Crippen molar-refractivity contribution < 1.29 is 9.53 Å². The van der Waals surface area contributed by atoms with E-state index in [4.69, 9.17) is 22.1 Å². The monoisotopic (exact) mass is 423 g/mol. The van der Waals surface area contributed by atoms with E-state index in [-0.39, 0.29) is 6.10 Å². The average molecular weight is 424 g/mol. The number of rotatable bonds is 7. The first-order valence-electron chi connectivity index (χ1n) is 9.61. The van der Waals surface area contributed by atoms with Gasteiger partial charge < -0.3 is 20.7 Å². The number of primary amides is 1. The molecule has 3 N–H and O–H groups in total. The van der Waals surface area contributed by atoms with Gasteiger partial charge in [-0.1, -0.05) is 23.7 Å². The standard InChI is InChI=1S/C22H22ClN5O2/c1-14-9-17(5-6-19(14)23)30-18-12-28(13-18)20-7-8-25-22(27-20)26-11-15-3-2-4-16(10-15)21(24)29/h2-10,18H,11-13H2,1H3,(H2,24,29)(H,25,26,27). The van der Waals surface area contributed by atoms with Gasteiger partial charge in [0.1, 0.15) is 17.7 Å². The molecule has 0 saturated carbocycles. The smallest absolute Gasteiger partial charge is 0.248 e. The number of nitrogens with zero attached hydrogens (tertiary/aromatic N) is 3. The first-order valence-corrected chi connectivity index (χ1v) is 9.99. The van der Waals surface area contributed by atoms with Crippen LogP contribution in [0.15, 0.2) is 54.7 Å². The maximum atomic E-state index is 11.3. The number of ether oxygens (including phenoxy) is 1. The van der Waals surface area contributed by atoms with E-state index >= 15 is 0 Å². The van der Waals surface area contributed by atoms with Crippen molar-refractivity contribution in [1.29, 1.82) is 0 Å². The molecular weight excluding hydrogens is 402 g/mol. The summed E-state index contributed by atoms with van der Waals surface area (Å²) in [6.07, 6.45) is 1.83. The SMILES string of the molecule is Cc1cc(OC2CN(c3ccnc(NCc4cccc(C(N)=O)c4)n3)C2)ccc1Cl. The number of anilines is 2. The molecule has 2 heterocycles. The highest BCUT2D eigenvalue weighted by Crippen LogP contribution is 2.26. The van der Waals surface area contributed by atoms with Gasteiger partial charge in [0.2, 0.25) is 11.9 Å². The van der Waals surface area contributed by atoms with Crippen LogP contribution in [0.3, 0.4) is 0 Å². The van der Waals surface area contributed by atoms with Crippen molar-refractivity contribution in [3.8, 4) is 5.75 Å². The van der Waals surface area contributed by atoms with Crippen molar-refractivity contribution in [2.45, 2.75) is 19.6 Å². The molecule has 0 aliphatic carbocycles. The van der Waals surface area contributed by atoms with Crippen LogP contribution in [-0.4, -0.2) is 35.1 Å². The normalized spacial score (nSPS) is 13.6. The van der Waals surface area contributed by atoms with Crippen LogP contribution in [0.25, 0.3) is 0 Å². The average Bonchev–Trinajstić information content (AvgIpc) is 2.72. The van der Waals surface area contributed by atoms with Crippen LogP contribution >= 0.6 is 11.6 Å². The summed E-state index contributed by atoms with van der Waals surface area (Å²) in [7, 11) is 0. The van der Waals surface area contributed by atoms with Crippen molar-refractivity contribution in [1.82, 2.24) is 9.97 Å². The second-order valence-electron chi connectivity index (χ2n) is 7.21. The van der Waals surface area contributed by atoms with Crippen molar-refractivity contribution >= 4 is 29.3 Å². The molecule has 0 unspecified atom stereocenters. The molecule has 1 aliphatic rings. The lowest BCUT2D eigenvalue weighted by molar-refractivity contribution is 0.1000. The Labute approximate surface area is 179 Å². The Morgan fingerprint density at radius 1 is 1.27 bits per heavy atom. The summed E-state index contributed by atoms with van der Waals surface area (Å²) in [6.45, 7) is 3.95. The van der Waals surface area contributed by atoms with Crippen molar-refractivity contribution in [3.05, 3.63) is 76.4 Å². The minimum atomic E-state index is -0.446. The third-order valence-corrected chi connectivity index (χ3v) is 5.33. The molecule has 1 aromatic heterocycles. The van der Waals surface area contributed by atoms with Gasteiger partial charge in [-0.2, -0.15) is 4.98 Å². The fourth-order valence-corrected chi connectivity index (χ4v) is 3.33. The summed E-state index contributed by atoms with van der Waals surface area (Å²) < 4.78 is 6.01. The molecule has 1 amide bonds. The molecule has 1 fully saturated rings. The van der Waals surface area contributed by atoms with Gasteiger partial charge in [0.25, 0.3) is 0 Å². The zero-order chi connectivity index (χ0) is 21.1. The minimum Gasteiger partial charge on any atom is -0.487 e. The molecule has 8 heteroatoms. The first-order chi connectivity index (χ1) is 14.5. The number of halogens is 1. The Morgan fingerprint density at radius 3 is 2.87 bits per heavy atom. The van der Waals surface area contributed by atoms with Gasteiger partial charge in [-0.3, -0.25) is 4.79 Å². The molecule has 154 valence electrons. The Hall–Kier alpha value is -3.32. The number of benzene rings is 2. The fourth-order valence-electron chi connectivity index (χ4n) is 3.21. The summed E-state index contributed by atoms with van der Waals surface area (Å²) in [5.41, 5.74) is 7.74. The largest absolute Gasteiger partial charge is 0.487 e. The molecule has 7 nitrogen and oxygen atoms in total. The van der Waals surface area contributed by atoms with E-state index in [2.05, 4.69) is 20.2 Å². The number of hydrogen-bond donors (Lipinski definition) is 2. The molecule has 30 heavy (non-hydrogen) atoms. The molecule has 1 aliphatic heterocycles. The summed E-state index contributed by atoms with van der Waals surface area (Å²) in [5, 5.41) is 3.92. The molecule has 0 bridgehead atoms. The molecule has 0 spiro atoms. The number of nitrogens with two attached hydrogens (primary N) is 1. The van der Waals surface area contributed by atoms with E-state index < -0.39 is 5.91 Å². The summed E-state index contributed by atoms with van der Waals surface area (Å²) in [6, 6.07) is 14.7. The molecule has 2 aromatic carbocycles. The minimum absolute atomic E-state index is 0.105. The Bertz CT molecular complexity index is 1070. The highest BCUT2D eigenvalue weighted by atomic mass is 35.5. The number of amides is 1. The summed E-state index contributed by atoms with van der Waals surface area (Å²) >= 11 is 6.06. The second kappa shape index (κ2) is 8.59. The van der Waals surface area contributed by atoms with Gasteiger partial charge in [-0.25, -0.2) is 4.98 Å². The van der Waals surface area contributed by atoms with E-state index in [9.17, 15) is 4.79 Å². The third-order valence-electron chi connectivity index (χ3n) is 4.91. The summed E-state index contributed by atoms with van der Waals surface area (Å²) in [5.74, 6) is 1.74. The van der Waals surface area contributed by atoms with Crippen LogP contribution in [0.1, 0.15) is 21.5 Å². The number of carbonyl (C=O) groups is 1. The lowest BCUT2D eigenvalue weighted by Gasteiger charge is -2.39. The number of nitrogens with one attached hydrogen (secondary N) is 1. The topological polar surface area (TPSA) is 93.4 Å². The summed E-state index contributed by atoms with van der Waals surface area (Å²) in [4.78, 5) is 22.3. The molecular formula is C22H22ClN5O2. The quantitative estimate of drug-likeness (QED) is 0.604. The number of aromatic nitrogens is 2. The lowest BCUT2D eigenvalue weighted by atomic mass is 10.1. The predicted octanol–water partition coefficient (Wildman–Crippen LogP) is 3.42. The first kappa shape index (κ1) is 20.0. The number of aryl methyl sites for hydroxylation is 1. The van der Waals surface area contributed by atoms with Gasteiger partial charge in [-0.15, -0.1) is 0 Å². The van der Waals surface area contributed by atoms with Crippen LogP contribution in [0.2, 0.25) is 5.02 Å². The second-order valence-corrected chi connectivity index (χ2v) is 7.62. The fraction of sp³-hybridized carbons (Fsp3) is 0.227. The molecule has 0 atom stereocenters. The van der Waals surface area contributed by atoms with Crippen molar-refractivity contribution in [3.63, 3.8) is 0 Å². The van der Waals surface area contributed by atoms with Crippen molar-refractivity contribution in [2.75, 3.05) is 23.3 Å². The zero-order valence-corrected chi connectivity index (χ0v) is 17.3. The van der Waals surface area contributed by atoms with Crippen LogP contribution in [0, 0.1) is 6.92 Å². The highest BCUT2D eigenvalue weighted by molar-refractivity contribution is 6.31. The molecule has 3 aromatic rings. The third kappa shape index (κ3) is 4.63. The van der Waals surface area contributed by atoms with E-state index in [1.807, 2.05) is 37.3 Å². The molecule has 1 saturated heterocycles. The van der Waals surface area contributed by atoms with E-state index in [0.717, 1.165) is 40.8 Å². The Kier molecular flexibility index (Phi) is 5.72. The molecule has 0 radical (unpaired) electrons. The number of carbonyl (C=O) groups excluding carboxylic acids is 1. The van der Waals surface area contributed by atoms with Crippen LogP contribution in [0.4, 0.5) is 11.8 Å². The molecule has 4 rings (SSSR count). The Balaban J connectivity index is 1.32. The maximum Gasteiger partial charge on any atom is 0.248 e. The van der Waals surface area contributed by atoms with Crippen LogP contribution in [-0.2, 0) is 6.54 Å². The predicted molar refractivity (Wildman–Crippen MR) is 117 cm³/mol. The van der Waals surface area contributed by atoms with Gasteiger partial charge in [-0.05, 0) is 54.4 Å². The van der Waals surface area contributed by atoms with E-state index in [1.54, 1.807) is 24.4 Å². The Morgan fingerprint density at radius 2 is 2.10 bits per heavy atom. The highest BCUT2D eigenvalue weighted by Gasteiger charge is 2.29. The van der Waals surface area contributed by atoms with Gasteiger partial charge >= 0.3 is 0 Å². The van der Waals surface area contributed by atoms with Gasteiger partial charge in [0.15, 0.2) is 0 Å². The van der Waals surface area contributed by atoms with Gasteiger partial charge in [0, 0.05) is 23.3 Å². The number of hydrogen-bond acceptors (Lipinski definition) is 6. The van der Waals surface area contributed by atoms with E-state index in [0.29, 0.717) is 18.1 Å². The lowest BCUT2D eigenvalue weighted by Crippen LogP contribution is -2.54. The zero-order valence-electron chi connectivity index (χ0n) is 16.5. The van der Waals surface area contributed by atoms with E-state index in [1.165, 1.54) is 0 Å². The van der Waals surface area contributed by atoms with Crippen LogP contribution < -0.4 is 20.7 Å². The van der Waals surface area contributed by atoms with Crippen molar-refractivity contribution in [2.24, 2.45) is 5.73 Å².